The van der Waals surface area contributed by atoms with Gasteiger partial charge in [0.05, 0.1) is 18.5 Å². The molecule has 146 valence electrons. The van der Waals surface area contributed by atoms with Gasteiger partial charge in [0.25, 0.3) is 0 Å². The summed E-state index contributed by atoms with van der Waals surface area (Å²) in [6.07, 6.45) is 7.34. The van der Waals surface area contributed by atoms with E-state index in [0.717, 1.165) is 35.7 Å². The molecule has 0 radical (unpaired) electrons. The van der Waals surface area contributed by atoms with Crippen LogP contribution in [0.2, 0.25) is 0 Å². The summed E-state index contributed by atoms with van der Waals surface area (Å²) < 4.78 is 6.79. The number of hydrogen-bond acceptors (Lipinski definition) is 4. The molecule has 1 saturated carbocycles. The zero-order valence-corrected chi connectivity index (χ0v) is 16.7. The molecule has 2 N–H and O–H groups in total. The number of benzene rings is 1. The number of aromatic nitrogens is 1. The second-order valence-corrected chi connectivity index (χ2v) is 8.75. The third kappa shape index (κ3) is 3.87. The van der Waals surface area contributed by atoms with Crippen LogP contribution in [0.15, 0.2) is 24.4 Å². The zero-order chi connectivity index (χ0) is 19.8. The number of nitrogens with zero attached hydrogens (tertiary/aromatic N) is 1. The average molecular weight is 370 g/mol. The molecule has 1 heterocycles. The van der Waals surface area contributed by atoms with Crippen molar-refractivity contribution in [2.45, 2.75) is 58.8 Å². The number of nitrogens with two attached hydrogens (primary N) is 1. The Balaban J connectivity index is 2.13. The van der Waals surface area contributed by atoms with E-state index in [2.05, 4.69) is 0 Å². The smallest absolute Gasteiger partial charge is 0.313 e. The van der Waals surface area contributed by atoms with Gasteiger partial charge in [0.1, 0.15) is 0 Å². The predicted molar refractivity (Wildman–Crippen MR) is 108 cm³/mol. The fourth-order valence-electron chi connectivity index (χ4n) is 4.15. The molecule has 0 bridgehead atoms. The average Bonchev–Trinajstić information content (AvgIpc) is 3.24. The molecule has 3 rings (SSSR count). The SMILES string of the molecule is COC(=O)C(CC1CCCC1)c1cn(C(=O)C(C)(C)C)c2cc(N)ccc12. The molecule has 0 saturated heterocycles. The van der Waals surface area contributed by atoms with Crippen molar-refractivity contribution in [2.24, 2.45) is 11.3 Å². The molecule has 1 aromatic heterocycles. The summed E-state index contributed by atoms with van der Waals surface area (Å²) in [4.78, 5) is 25.7. The van der Waals surface area contributed by atoms with Crippen molar-refractivity contribution in [1.82, 2.24) is 4.57 Å². The van der Waals surface area contributed by atoms with Crippen molar-refractivity contribution in [3.05, 3.63) is 30.0 Å². The van der Waals surface area contributed by atoms with Crippen LogP contribution in [-0.2, 0) is 9.53 Å². The van der Waals surface area contributed by atoms with Crippen LogP contribution in [0.3, 0.4) is 0 Å². The number of carbonyl (C=O) groups is 2. The first-order valence-corrected chi connectivity index (χ1v) is 9.75. The maximum atomic E-state index is 13.0. The quantitative estimate of drug-likeness (QED) is 0.623. The fourth-order valence-corrected chi connectivity index (χ4v) is 4.15. The van der Waals surface area contributed by atoms with E-state index < -0.39 is 5.41 Å². The number of ether oxygens (including phenoxy) is 1. The second kappa shape index (κ2) is 7.37. The molecule has 1 aliphatic carbocycles. The Hall–Kier alpha value is -2.30. The summed E-state index contributed by atoms with van der Waals surface area (Å²) in [5.41, 5.74) is 7.66. The van der Waals surface area contributed by atoms with E-state index in [0.29, 0.717) is 11.6 Å². The molecule has 0 spiro atoms. The minimum atomic E-state index is -0.542. The fraction of sp³-hybridized carbons (Fsp3) is 0.545. The van der Waals surface area contributed by atoms with Gasteiger partial charge >= 0.3 is 5.97 Å². The van der Waals surface area contributed by atoms with Crippen molar-refractivity contribution in [3.8, 4) is 0 Å². The van der Waals surface area contributed by atoms with Crippen molar-refractivity contribution >= 4 is 28.5 Å². The molecule has 1 aromatic carbocycles. The van der Waals surface area contributed by atoms with Gasteiger partial charge in [-0.15, -0.1) is 0 Å². The lowest BCUT2D eigenvalue weighted by atomic mass is 9.87. The van der Waals surface area contributed by atoms with Crippen LogP contribution in [-0.4, -0.2) is 23.6 Å². The summed E-state index contributed by atoms with van der Waals surface area (Å²) in [5.74, 6) is -0.0901. The number of hydrogen-bond donors (Lipinski definition) is 1. The van der Waals surface area contributed by atoms with Crippen LogP contribution in [0.25, 0.3) is 10.9 Å². The maximum Gasteiger partial charge on any atom is 0.313 e. The van der Waals surface area contributed by atoms with Gasteiger partial charge in [0, 0.05) is 22.7 Å². The van der Waals surface area contributed by atoms with Crippen LogP contribution in [0.4, 0.5) is 5.69 Å². The Morgan fingerprint density at radius 1 is 1.26 bits per heavy atom. The first-order chi connectivity index (χ1) is 12.7. The number of fused-ring (bicyclic) bond motifs is 1. The Labute approximate surface area is 160 Å². The monoisotopic (exact) mass is 370 g/mol. The van der Waals surface area contributed by atoms with Crippen molar-refractivity contribution in [1.29, 1.82) is 0 Å². The minimum Gasteiger partial charge on any atom is -0.469 e. The van der Waals surface area contributed by atoms with Crippen molar-refractivity contribution in [2.75, 3.05) is 12.8 Å². The molecule has 0 amide bonds. The highest BCUT2D eigenvalue weighted by atomic mass is 16.5. The molecule has 1 aliphatic rings. The topological polar surface area (TPSA) is 74.3 Å². The van der Waals surface area contributed by atoms with E-state index in [4.69, 9.17) is 10.5 Å². The van der Waals surface area contributed by atoms with Gasteiger partial charge in [-0.05, 0) is 30.0 Å². The number of anilines is 1. The molecule has 1 fully saturated rings. The molecule has 5 heteroatoms. The van der Waals surface area contributed by atoms with E-state index in [1.165, 1.54) is 20.0 Å². The molecule has 0 aliphatic heterocycles. The van der Waals surface area contributed by atoms with E-state index in [-0.39, 0.29) is 17.8 Å². The second-order valence-electron chi connectivity index (χ2n) is 8.75. The molecular weight excluding hydrogens is 340 g/mol. The Kier molecular flexibility index (Phi) is 5.31. The number of methoxy groups -OCH3 is 1. The maximum absolute atomic E-state index is 13.0. The van der Waals surface area contributed by atoms with Gasteiger partial charge in [0.2, 0.25) is 5.91 Å². The minimum absolute atomic E-state index is 0.0196. The third-order valence-electron chi connectivity index (χ3n) is 5.63. The number of rotatable bonds is 4. The summed E-state index contributed by atoms with van der Waals surface area (Å²) in [6, 6.07) is 5.55. The molecule has 5 nitrogen and oxygen atoms in total. The highest BCUT2D eigenvalue weighted by Crippen LogP contribution is 2.39. The largest absolute Gasteiger partial charge is 0.469 e. The molecular formula is C22H30N2O3. The number of nitrogen functional groups attached to an aromatic ring is 1. The molecule has 27 heavy (non-hydrogen) atoms. The van der Waals surface area contributed by atoms with Crippen LogP contribution >= 0.6 is 0 Å². The molecule has 2 aromatic rings. The lowest BCUT2D eigenvalue weighted by Gasteiger charge is -2.19. The molecule has 1 atom stereocenters. The summed E-state index contributed by atoms with van der Waals surface area (Å²) >= 11 is 0. The van der Waals surface area contributed by atoms with Gasteiger partial charge in [-0.3, -0.25) is 14.2 Å². The van der Waals surface area contributed by atoms with Crippen LogP contribution in [0.1, 0.15) is 69.2 Å². The van der Waals surface area contributed by atoms with Gasteiger partial charge in [0.15, 0.2) is 0 Å². The van der Waals surface area contributed by atoms with Crippen LogP contribution < -0.4 is 5.73 Å². The predicted octanol–water partition coefficient (Wildman–Crippen LogP) is 4.75. The summed E-state index contributed by atoms with van der Waals surface area (Å²) in [5, 5.41) is 0.898. The Morgan fingerprint density at radius 2 is 1.93 bits per heavy atom. The Bertz CT molecular complexity index is 854. The lowest BCUT2D eigenvalue weighted by Crippen LogP contribution is -2.26. The first kappa shape index (κ1) is 19.5. The number of esters is 1. The Morgan fingerprint density at radius 3 is 2.52 bits per heavy atom. The van der Waals surface area contributed by atoms with Crippen LogP contribution in [0.5, 0.6) is 0 Å². The zero-order valence-electron chi connectivity index (χ0n) is 16.7. The summed E-state index contributed by atoms with van der Waals surface area (Å²) in [7, 11) is 1.43. The lowest BCUT2D eigenvalue weighted by molar-refractivity contribution is -0.142. The standard InChI is InChI=1S/C22H30N2O3/c1-22(2,3)21(26)24-13-18(16-10-9-15(23)12-19(16)24)17(20(25)27-4)11-14-7-5-6-8-14/h9-10,12-14,17H,5-8,11,23H2,1-4H3. The first-order valence-electron chi connectivity index (χ1n) is 9.75. The molecule has 1 unspecified atom stereocenters. The van der Waals surface area contributed by atoms with Gasteiger partial charge in [-0.1, -0.05) is 52.5 Å². The highest BCUT2D eigenvalue weighted by molar-refractivity contribution is 5.99. The van der Waals surface area contributed by atoms with Crippen molar-refractivity contribution in [3.63, 3.8) is 0 Å². The van der Waals surface area contributed by atoms with E-state index in [9.17, 15) is 9.59 Å². The van der Waals surface area contributed by atoms with Crippen LogP contribution in [0, 0.1) is 11.3 Å². The van der Waals surface area contributed by atoms with E-state index in [1.54, 1.807) is 4.57 Å². The third-order valence-corrected chi connectivity index (χ3v) is 5.63. The number of carbonyl (C=O) groups excluding carboxylic acids is 2. The normalized spacial score (nSPS) is 16.6. The van der Waals surface area contributed by atoms with Gasteiger partial charge < -0.3 is 10.5 Å². The summed E-state index contributed by atoms with van der Waals surface area (Å²) in [6.45, 7) is 5.68. The van der Waals surface area contributed by atoms with E-state index in [1.807, 2.05) is 45.2 Å². The van der Waals surface area contributed by atoms with Gasteiger partial charge in [-0.25, -0.2) is 0 Å². The van der Waals surface area contributed by atoms with Crippen molar-refractivity contribution < 1.29 is 14.3 Å². The highest BCUT2D eigenvalue weighted by Gasteiger charge is 2.32. The van der Waals surface area contributed by atoms with E-state index >= 15 is 0 Å². The van der Waals surface area contributed by atoms with Gasteiger partial charge in [-0.2, -0.15) is 0 Å².